The summed E-state index contributed by atoms with van der Waals surface area (Å²) < 4.78 is 7.33. The van der Waals surface area contributed by atoms with Crippen LogP contribution in [0.3, 0.4) is 0 Å². The number of hydrogen-bond acceptors (Lipinski definition) is 5. The van der Waals surface area contributed by atoms with Gasteiger partial charge < -0.3 is 10.1 Å². The van der Waals surface area contributed by atoms with Crippen molar-refractivity contribution in [2.24, 2.45) is 7.05 Å². The monoisotopic (exact) mass is 357 g/mol. The highest BCUT2D eigenvalue weighted by molar-refractivity contribution is 5.76. The summed E-state index contributed by atoms with van der Waals surface area (Å²) in [5.41, 5.74) is 1.32. The maximum atomic E-state index is 12.3. The van der Waals surface area contributed by atoms with Crippen LogP contribution in [0.25, 0.3) is 0 Å². The number of carbonyl (C=O) groups excluding carboxylic acids is 1. The molecule has 2 heterocycles. The predicted octanol–water partition coefficient (Wildman–Crippen LogP) is 0.807. The van der Waals surface area contributed by atoms with Gasteiger partial charge in [0.15, 0.2) is 0 Å². The highest BCUT2D eigenvalue weighted by Crippen LogP contribution is 2.12. The van der Waals surface area contributed by atoms with Crippen molar-refractivity contribution >= 4 is 5.91 Å². The lowest BCUT2D eigenvalue weighted by molar-refractivity contribution is -0.124. The average Bonchev–Trinajstić information content (AvgIpc) is 3.07. The van der Waals surface area contributed by atoms with Crippen molar-refractivity contribution in [2.75, 3.05) is 32.8 Å². The van der Waals surface area contributed by atoms with Gasteiger partial charge in [-0.05, 0) is 12.0 Å². The first kappa shape index (κ1) is 18.5. The summed E-state index contributed by atoms with van der Waals surface area (Å²) in [5, 5.41) is 7.02. The number of nitrogens with one attached hydrogen (secondary N) is 1. The lowest BCUT2D eigenvalue weighted by Gasteiger charge is -2.35. The van der Waals surface area contributed by atoms with Crippen molar-refractivity contribution in [1.82, 2.24) is 25.0 Å². The smallest absolute Gasteiger partial charge is 0.221 e. The van der Waals surface area contributed by atoms with Crippen LogP contribution in [0, 0.1) is 0 Å². The Morgan fingerprint density at radius 3 is 2.92 bits per heavy atom. The molecule has 1 aliphatic heterocycles. The molecule has 1 amide bonds. The zero-order valence-corrected chi connectivity index (χ0v) is 15.3. The van der Waals surface area contributed by atoms with Gasteiger partial charge in [0.05, 0.1) is 13.2 Å². The molecule has 0 aliphatic carbocycles. The number of aromatic nitrogens is 3. The van der Waals surface area contributed by atoms with E-state index in [1.54, 1.807) is 4.68 Å². The second-order valence-electron chi connectivity index (χ2n) is 6.60. The van der Waals surface area contributed by atoms with E-state index in [9.17, 15) is 4.79 Å². The van der Waals surface area contributed by atoms with Gasteiger partial charge in [0, 0.05) is 45.6 Å². The topological polar surface area (TPSA) is 72.3 Å². The third-order valence-corrected chi connectivity index (χ3v) is 4.78. The number of carbonyl (C=O) groups is 1. The third kappa shape index (κ3) is 5.37. The largest absolute Gasteiger partial charge is 0.378 e. The van der Waals surface area contributed by atoms with E-state index < -0.39 is 0 Å². The molecule has 1 N–H and O–H groups in total. The van der Waals surface area contributed by atoms with Crippen molar-refractivity contribution in [1.29, 1.82) is 0 Å². The molecule has 1 fully saturated rings. The Hall–Kier alpha value is -2.25. The van der Waals surface area contributed by atoms with Crippen molar-refractivity contribution in [3.05, 3.63) is 48.0 Å². The normalized spacial score (nSPS) is 18.0. The molecular weight excluding hydrogens is 330 g/mol. The van der Waals surface area contributed by atoms with E-state index in [-0.39, 0.29) is 11.9 Å². The molecular formula is C19H27N5O2. The molecule has 1 aromatic heterocycles. The molecule has 0 saturated carbocycles. The SMILES string of the molecule is Cn1ncnc1CCNC(=O)C[C@H]1COCCN1CCc1ccccc1. The number of aryl methyl sites for hydroxylation is 1. The molecule has 0 unspecified atom stereocenters. The minimum absolute atomic E-state index is 0.0624. The highest BCUT2D eigenvalue weighted by atomic mass is 16.5. The molecule has 0 bridgehead atoms. The number of rotatable bonds is 8. The van der Waals surface area contributed by atoms with Crippen LogP contribution >= 0.6 is 0 Å². The summed E-state index contributed by atoms with van der Waals surface area (Å²) in [7, 11) is 1.86. The van der Waals surface area contributed by atoms with Crippen LogP contribution in [0.5, 0.6) is 0 Å². The minimum Gasteiger partial charge on any atom is -0.378 e. The number of morpholine rings is 1. The molecule has 0 spiro atoms. The molecule has 3 rings (SSSR count). The summed E-state index contributed by atoms with van der Waals surface area (Å²) >= 11 is 0. The predicted molar refractivity (Wildman–Crippen MR) is 98.7 cm³/mol. The Bertz CT molecular complexity index is 688. The van der Waals surface area contributed by atoms with Crippen LogP contribution in [0.4, 0.5) is 0 Å². The summed E-state index contributed by atoms with van der Waals surface area (Å²) in [5.74, 6) is 0.933. The van der Waals surface area contributed by atoms with Crippen LogP contribution in [-0.2, 0) is 29.4 Å². The fourth-order valence-electron chi connectivity index (χ4n) is 3.24. The fraction of sp³-hybridized carbons (Fsp3) is 0.526. The van der Waals surface area contributed by atoms with Crippen molar-refractivity contribution < 1.29 is 9.53 Å². The lowest BCUT2D eigenvalue weighted by atomic mass is 10.1. The van der Waals surface area contributed by atoms with Crippen molar-refractivity contribution in [3.63, 3.8) is 0 Å². The Labute approximate surface area is 154 Å². The van der Waals surface area contributed by atoms with Crippen LogP contribution in [-0.4, -0.2) is 64.5 Å². The van der Waals surface area contributed by atoms with Crippen LogP contribution < -0.4 is 5.32 Å². The maximum absolute atomic E-state index is 12.3. The van der Waals surface area contributed by atoms with Gasteiger partial charge in [-0.15, -0.1) is 0 Å². The lowest BCUT2D eigenvalue weighted by Crippen LogP contribution is -2.48. The molecule has 2 aromatic rings. The summed E-state index contributed by atoms with van der Waals surface area (Å²) in [6.45, 7) is 3.75. The van der Waals surface area contributed by atoms with Gasteiger partial charge in [-0.1, -0.05) is 30.3 Å². The summed E-state index contributed by atoms with van der Waals surface area (Å²) in [6, 6.07) is 10.6. The van der Waals surface area contributed by atoms with Crippen LogP contribution in [0.1, 0.15) is 17.8 Å². The molecule has 1 aromatic carbocycles. The molecule has 7 nitrogen and oxygen atoms in total. The van der Waals surface area contributed by atoms with Gasteiger partial charge in [0.25, 0.3) is 0 Å². The molecule has 0 radical (unpaired) electrons. The first-order valence-corrected chi connectivity index (χ1v) is 9.17. The van der Waals surface area contributed by atoms with Crippen molar-refractivity contribution in [3.8, 4) is 0 Å². The molecule has 1 atom stereocenters. The second kappa shape index (κ2) is 9.45. The van der Waals surface area contributed by atoms with E-state index in [0.29, 0.717) is 26.0 Å². The number of hydrogen-bond donors (Lipinski definition) is 1. The second-order valence-corrected chi connectivity index (χ2v) is 6.60. The van der Waals surface area contributed by atoms with Crippen LogP contribution in [0.15, 0.2) is 36.7 Å². The van der Waals surface area contributed by atoms with Crippen LogP contribution in [0.2, 0.25) is 0 Å². The Morgan fingerprint density at radius 2 is 2.15 bits per heavy atom. The Kier molecular flexibility index (Phi) is 6.74. The van der Waals surface area contributed by atoms with Gasteiger partial charge >= 0.3 is 0 Å². The number of nitrogens with zero attached hydrogens (tertiary/aromatic N) is 4. The van der Waals surface area contributed by atoms with Gasteiger partial charge in [-0.3, -0.25) is 14.4 Å². The van der Waals surface area contributed by atoms with E-state index in [1.165, 1.54) is 11.9 Å². The van der Waals surface area contributed by atoms with Gasteiger partial charge in [-0.25, -0.2) is 4.98 Å². The third-order valence-electron chi connectivity index (χ3n) is 4.78. The van der Waals surface area contributed by atoms with E-state index in [4.69, 9.17) is 4.74 Å². The zero-order valence-electron chi connectivity index (χ0n) is 15.3. The Morgan fingerprint density at radius 1 is 1.31 bits per heavy atom. The van der Waals surface area contributed by atoms with Gasteiger partial charge in [0.2, 0.25) is 5.91 Å². The standard InChI is InChI=1S/C19H27N5O2/c1-23-18(21-15-22-23)7-9-20-19(25)13-17-14-26-12-11-24(17)10-8-16-5-3-2-4-6-16/h2-6,15,17H,7-14H2,1H3,(H,20,25)/t17-/m0/s1. The average molecular weight is 357 g/mol. The minimum atomic E-state index is 0.0624. The first-order chi connectivity index (χ1) is 12.7. The quantitative estimate of drug-likeness (QED) is 0.757. The maximum Gasteiger partial charge on any atom is 0.221 e. The zero-order chi connectivity index (χ0) is 18.2. The van der Waals surface area contributed by atoms with E-state index >= 15 is 0 Å². The first-order valence-electron chi connectivity index (χ1n) is 9.17. The van der Waals surface area contributed by atoms with E-state index in [1.807, 2.05) is 13.1 Å². The molecule has 1 aliphatic rings. The highest BCUT2D eigenvalue weighted by Gasteiger charge is 2.25. The summed E-state index contributed by atoms with van der Waals surface area (Å²) in [4.78, 5) is 18.8. The van der Waals surface area contributed by atoms with E-state index in [2.05, 4.69) is 44.6 Å². The molecule has 140 valence electrons. The molecule has 26 heavy (non-hydrogen) atoms. The molecule has 1 saturated heterocycles. The Balaban J connectivity index is 1.43. The van der Waals surface area contributed by atoms with Crippen molar-refractivity contribution in [2.45, 2.75) is 25.3 Å². The van der Waals surface area contributed by atoms with Gasteiger partial charge in [-0.2, -0.15) is 5.10 Å². The van der Waals surface area contributed by atoms with E-state index in [0.717, 1.165) is 31.9 Å². The number of benzene rings is 1. The number of amides is 1. The van der Waals surface area contributed by atoms with Gasteiger partial charge in [0.1, 0.15) is 12.2 Å². The molecule has 7 heteroatoms. The number of ether oxygens (including phenoxy) is 1. The fourth-order valence-corrected chi connectivity index (χ4v) is 3.24. The summed E-state index contributed by atoms with van der Waals surface area (Å²) in [6.07, 6.45) is 3.67.